The molecule has 0 aliphatic heterocycles. The van der Waals surface area contributed by atoms with Gasteiger partial charge in [-0.25, -0.2) is 8.42 Å². The highest BCUT2D eigenvalue weighted by Gasteiger charge is 2.19. The maximum absolute atomic E-state index is 12.6. The molecule has 6 heteroatoms. The number of sulfone groups is 1. The molecule has 0 fully saturated rings. The summed E-state index contributed by atoms with van der Waals surface area (Å²) in [6.45, 7) is 1.86. The van der Waals surface area contributed by atoms with Crippen molar-refractivity contribution in [2.75, 3.05) is 13.3 Å². The lowest BCUT2D eigenvalue weighted by molar-refractivity contribution is 0.0742. The Bertz CT molecular complexity index is 897. The summed E-state index contributed by atoms with van der Waals surface area (Å²) in [5.74, 6) is -0.202. The molecule has 0 aliphatic rings. The fourth-order valence-electron chi connectivity index (χ4n) is 2.32. The maximum Gasteiger partial charge on any atom is 0.254 e. The van der Waals surface area contributed by atoms with Crippen LogP contribution in [0.5, 0.6) is 0 Å². The van der Waals surface area contributed by atoms with Gasteiger partial charge in [0.1, 0.15) is 0 Å². The Morgan fingerprint density at radius 1 is 1.17 bits per heavy atom. The van der Waals surface area contributed by atoms with Crippen molar-refractivity contribution < 1.29 is 13.2 Å². The van der Waals surface area contributed by atoms with E-state index in [9.17, 15) is 13.2 Å². The number of nitrogens with zero attached hydrogens (tertiary/aromatic N) is 2. The average Bonchev–Trinajstić information content (AvgIpc) is 2.59. The molecule has 0 aromatic heterocycles. The Morgan fingerprint density at radius 2 is 1.79 bits per heavy atom. The van der Waals surface area contributed by atoms with Crippen LogP contribution in [0.4, 0.5) is 0 Å². The summed E-state index contributed by atoms with van der Waals surface area (Å²) in [5, 5.41) is 8.94. The van der Waals surface area contributed by atoms with Crippen LogP contribution in [0.15, 0.2) is 53.4 Å². The van der Waals surface area contributed by atoms with Gasteiger partial charge < -0.3 is 4.90 Å². The Hall–Kier alpha value is -2.65. The molecule has 0 unspecified atom stereocenters. The van der Waals surface area contributed by atoms with E-state index in [0.29, 0.717) is 11.1 Å². The highest BCUT2D eigenvalue weighted by Crippen LogP contribution is 2.22. The second-order valence-electron chi connectivity index (χ2n) is 5.63. The van der Waals surface area contributed by atoms with Crippen LogP contribution in [0, 0.1) is 11.3 Å². The number of hydrogen-bond acceptors (Lipinski definition) is 4. The van der Waals surface area contributed by atoms with E-state index < -0.39 is 9.84 Å². The van der Waals surface area contributed by atoms with E-state index >= 15 is 0 Å². The van der Waals surface area contributed by atoms with Crippen LogP contribution >= 0.6 is 0 Å². The van der Waals surface area contributed by atoms with Gasteiger partial charge in [0.15, 0.2) is 9.84 Å². The molecule has 0 N–H and O–H groups in total. The van der Waals surface area contributed by atoms with E-state index in [-0.39, 0.29) is 16.8 Å². The van der Waals surface area contributed by atoms with Crippen molar-refractivity contribution in [1.29, 1.82) is 5.26 Å². The molecule has 0 bridgehead atoms. The van der Waals surface area contributed by atoms with E-state index in [1.54, 1.807) is 48.3 Å². The van der Waals surface area contributed by atoms with Gasteiger partial charge in [0.2, 0.25) is 0 Å². The third-order valence-corrected chi connectivity index (χ3v) is 5.06. The zero-order valence-corrected chi connectivity index (χ0v) is 14.5. The van der Waals surface area contributed by atoms with Crippen molar-refractivity contribution in [2.45, 2.75) is 17.9 Å². The van der Waals surface area contributed by atoms with Crippen molar-refractivity contribution in [3.63, 3.8) is 0 Å². The van der Waals surface area contributed by atoms with Crippen LogP contribution in [0.25, 0.3) is 0 Å². The van der Waals surface area contributed by atoms with E-state index in [4.69, 9.17) is 5.26 Å². The standard InChI is InChI=1S/C18H18N2O3S/c1-13(15-7-9-17(10-8-15)24(3,22)23)20(2)18(21)16-6-4-5-14(11-16)12-19/h4-11,13H,1-3H3/t13-/m0/s1. The zero-order valence-electron chi connectivity index (χ0n) is 13.7. The average molecular weight is 342 g/mol. The van der Waals surface area contributed by atoms with Crippen molar-refractivity contribution in [1.82, 2.24) is 4.90 Å². The number of carbonyl (C=O) groups excluding carboxylic acids is 1. The summed E-state index contributed by atoms with van der Waals surface area (Å²) < 4.78 is 23.0. The van der Waals surface area contributed by atoms with Gasteiger partial charge in [-0.15, -0.1) is 0 Å². The molecule has 0 aliphatic carbocycles. The molecule has 0 heterocycles. The number of benzene rings is 2. The predicted octanol–water partition coefficient (Wildman–Crippen LogP) is 2.79. The van der Waals surface area contributed by atoms with Gasteiger partial charge in [-0.3, -0.25) is 4.79 Å². The van der Waals surface area contributed by atoms with Gasteiger partial charge in [0.25, 0.3) is 5.91 Å². The smallest absolute Gasteiger partial charge is 0.254 e. The molecule has 0 radical (unpaired) electrons. The minimum Gasteiger partial charge on any atom is -0.335 e. The molecular weight excluding hydrogens is 324 g/mol. The van der Waals surface area contributed by atoms with Gasteiger partial charge in [0.05, 0.1) is 22.6 Å². The van der Waals surface area contributed by atoms with Crippen LogP contribution in [-0.2, 0) is 9.84 Å². The number of amides is 1. The van der Waals surface area contributed by atoms with Crippen molar-refractivity contribution in [3.8, 4) is 6.07 Å². The number of carbonyl (C=O) groups is 1. The summed E-state index contributed by atoms with van der Waals surface area (Å²) >= 11 is 0. The first-order valence-corrected chi connectivity index (χ1v) is 9.20. The number of rotatable bonds is 4. The fraction of sp³-hybridized carbons (Fsp3) is 0.222. The Labute approximate surface area is 142 Å². The third kappa shape index (κ3) is 3.81. The third-order valence-electron chi connectivity index (χ3n) is 3.93. The first-order valence-electron chi connectivity index (χ1n) is 7.31. The van der Waals surface area contributed by atoms with Crippen LogP contribution in [0.2, 0.25) is 0 Å². The Balaban J connectivity index is 2.24. The minimum atomic E-state index is -3.24. The van der Waals surface area contributed by atoms with Crippen molar-refractivity contribution >= 4 is 15.7 Å². The van der Waals surface area contributed by atoms with Crippen LogP contribution in [0.1, 0.15) is 34.5 Å². The molecule has 2 rings (SSSR count). The SMILES string of the molecule is C[C@@H](c1ccc(S(C)(=O)=O)cc1)N(C)C(=O)c1cccc(C#N)c1. The Kier molecular flexibility index (Phi) is 5.05. The summed E-state index contributed by atoms with van der Waals surface area (Å²) in [6, 6.07) is 14.8. The number of nitriles is 1. The lowest BCUT2D eigenvalue weighted by Crippen LogP contribution is -2.29. The molecule has 24 heavy (non-hydrogen) atoms. The molecule has 5 nitrogen and oxygen atoms in total. The monoisotopic (exact) mass is 342 g/mol. The van der Waals surface area contributed by atoms with E-state index in [0.717, 1.165) is 11.8 Å². The molecule has 2 aromatic rings. The van der Waals surface area contributed by atoms with Gasteiger partial charge in [0, 0.05) is 18.9 Å². The normalized spacial score (nSPS) is 12.2. The van der Waals surface area contributed by atoms with Gasteiger partial charge in [-0.05, 0) is 42.8 Å². The van der Waals surface area contributed by atoms with E-state index in [1.165, 1.54) is 12.1 Å². The molecule has 0 saturated carbocycles. The number of hydrogen-bond donors (Lipinski definition) is 0. The first-order chi connectivity index (χ1) is 11.2. The van der Waals surface area contributed by atoms with Crippen LogP contribution in [-0.4, -0.2) is 32.5 Å². The topological polar surface area (TPSA) is 78.2 Å². The molecule has 0 saturated heterocycles. The van der Waals surface area contributed by atoms with Gasteiger partial charge >= 0.3 is 0 Å². The Morgan fingerprint density at radius 3 is 2.33 bits per heavy atom. The molecular formula is C18H18N2O3S. The summed E-state index contributed by atoms with van der Waals surface area (Å²) in [5.41, 5.74) is 1.70. The minimum absolute atomic E-state index is 0.202. The lowest BCUT2D eigenvalue weighted by Gasteiger charge is -2.25. The zero-order chi connectivity index (χ0) is 17.9. The van der Waals surface area contributed by atoms with Crippen molar-refractivity contribution in [3.05, 3.63) is 65.2 Å². The largest absolute Gasteiger partial charge is 0.335 e. The van der Waals surface area contributed by atoms with Crippen LogP contribution < -0.4 is 0 Å². The second-order valence-corrected chi connectivity index (χ2v) is 7.64. The van der Waals surface area contributed by atoms with E-state index in [1.807, 2.05) is 13.0 Å². The lowest BCUT2D eigenvalue weighted by atomic mass is 10.1. The molecule has 1 atom stereocenters. The van der Waals surface area contributed by atoms with E-state index in [2.05, 4.69) is 0 Å². The highest BCUT2D eigenvalue weighted by atomic mass is 32.2. The summed E-state index contributed by atoms with van der Waals surface area (Å²) in [4.78, 5) is 14.4. The maximum atomic E-state index is 12.6. The van der Waals surface area contributed by atoms with Crippen LogP contribution in [0.3, 0.4) is 0 Å². The summed E-state index contributed by atoms with van der Waals surface area (Å²) in [7, 11) is -1.57. The molecule has 1 amide bonds. The fourth-order valence-corrected chi connectivity index (χ4v) is 2.95. The quantitative estimate of drug-likeness (QED) is 0.856. The molecule has 2 aromatic carbocycles. The molecule has 0 spiro atoms. The predicted molar refractivity (Wildman–Crippen MR) is 91.2 cm³/mol. The van der Waals surface area contributed by atoms with Gasteiger partial charge in [-0.1, -0.05) is 18.2 Å². The second kappa shape index (κ2) is 6.85. The van der Waals surface area contributed by atoms with Crippen molar-refractivity contribution in [2.24, 2.45) is 0 Å². The van der Waals surface area contributed by atoms with Gasteiger partial charge in [-0.2, -0.15) is 5.26 Å². The highest BCUT2D eigenvalue weighted by molar-refractivity contribution is 7.90. The summed E-state index contributed by atoms with van der Waals surface area (Å²) in [6.07, 6.45) is 1.16. The molecule has 124 valence electrons. The first kappa shape index (κ1) is 17.7.